The van der Waals surface area contributed by atoms with E-state index in [0.29, 0.717) is 31.7 Å². The summed E-state index contributed by atoms with van der Waals surface area (Å²) >= 11 is 0. The fraction of sp³-hybridized carbons (Fsp3) is 0.667. The number of carboxylic acids is 1. The lowest BCUT2D eigenvalue weighted by atomic mass is 9.72. The third-order valence-corrected chi connectivity index (χ3v) is 5.68. The first-order chi connectivity index (χ1) is 12.6. The van der Waals surface area contributed by atoms with Gasteiger partial charge in [0.1, 0.15) is 5.75 Å². The Kier molecular flexibility index (Phi) is 6.92. The predicted molar refractivity (Wildman–Crippen MR) is 98.2 cm³/mol. The maximum atomic E-state index is 11.4. The van der Waals surface area contributed by atoms with Gasteiger partial charge in [0, 0.05) is 0 Å². The normalized spacial score (nSPS) is 26.7. The van der Waals surface area contributed by atoms with Crippen LogP contribution < -0.4 is 4.74 Å². The maximum absolute atomic E-state index is 11.4. The lowest BCUT2D eigenvalue weighted by Gasteiger charge is -2.34. The van der Waals surface area contributed by atoms with E-state index in [1.54, 1.807) is 0 Å². The first-order valence-electron chi connectivity index (χ1n) is 9.77. The van der Waals surface area contributed by atoms with Crippen molar-refractivity contribution in [3.63, 3.8) is 0 Å². The molecule has 1 N–H and O–H groups in total. The zero-order chi connectivity index (χ0) is 18.4. The topological polar surface area (TPSA) is 65.0 Å². The molecule has 0 spiro atoms. The zero-order valence-corrected chi connectivity index (χ0v) is 15.6. The summed E-state index contributed by atoms with van der Waals surface area (Å²) in [6.45, 7) is 4.09. The Bertz CT molecular complexity index is 564. The lowest BCUT2D eigenvalue weighted by molar-refractivity contribution is -0.144. The molecule has 3 atom stereocenters. The fourth-order valence-corrected chi connectivity index (χ4v) is 4.08. The van der Waals surface area contributed by atoms with Crippen LogP contribution in [-0.4, -0.2) is 37.2 Å². The number of carboxylic acid groups (broad SMARTS) is 1. The van der Waals surface area contributed by atoms with E-state index in [2.05, 4.69) is 19.1 Å². The third-order valence-electron chi connectivity index (χ3n) is 5.68. The minimum atomic E-state index is -0.657. The van der Waals surface area contributed by atoms with Crippen molar-refractivity contribution in [3.05, 3.63) is 29.8 Å². The van der Waals surface area contributed by atoms with Crippen molar-refractivity contribution in [1.82, 2.24) is 0 Å². The Morgan fingerprint density at radius 1 is 1.12 bits per heavy atom. The molecule has 0 amide bonds. The second-order valence-corrected chi connectivity index (χ2v) is 7.59. The monoisotopic (exact) mass is 362 g/mol. The third kappa shape index (κ3) is 5.45. The Hall–Kier alpha value is -1.59. The molecule has 0 radical (unpaired) electrons. The number of hydrogen-bond acceptors (Lipinski definition) is 4. The van der Waals surface area contributed by atoms with Crippen LogP contribution in [-0.2, 0) is 14.3 Å². The van der Waals surface area contributed by atoms with Crippen molar-refractivity contribution in [2.75, 3.05) is 19.8 Å². The molecule has 1 aromatic rings. The van der Waals surface area contributed by atoms with E-state index in [0.717, 1.165) is 44.3 Å². The summed E-state index contributed by atoms with van der Waals surface area (Å²) in [5.41, 5.74) is 1.22. The summed E-state index contributed by atoms with van der Waals surface area (Å²) in [6.07, 6.45) is 5.25. The Morgan fingerprint density at radius 2 is 1.85 bits per heavy atom. The molecule has 1 saturated carbocycles. The quantitative estimate of drug-likeness (QED) is 0.756. The highest BCUT2D eigenvalue weighted by atomic mass is 16.7. The highest BCUT2D eigenvalue weighted by Gasteiger charge is 2.34. The van der Waals surface area contributed by atoms with Gasteiger partial charge in [0.2, 0.25) is 0 Å². The van der Waals surface area contributed by atoms with Gasteiger partial charge in [-0.3, -0.25) is 4.79 Å². The van der Waals surface area contributed by atoms with Gasteiger partial charge in [-0.25, -0.2) is 0 Å². The summed E-state index contributed by atoms with van der Waals surface area (Å²) < 4.78 is 17.0. The van der Waals surface area contributed by atoms with E-state index in [4.69, 9.17) is 14.2 Å². The second kappa shape index (κ2) is 9.38. The van der Waals surface area contributed by atoms with Crippen LogP contribution >= 0.6 is 0 Å². The van der Waals surface area contributed by atoms with Crippen LogP contribution in [0.5, 0.6) is 5.75 Å². The van der Waals surface area contributed by atoms with Crippen LogP contribution in [0, 0.1) is 24.7 Å². The van der Waals surface area contributed by atoms with Gasteiger partial charge in [0.05, 0.1) is 25.7 Å². The number of aryl methyl sites for hydroxylation is 1. The molecule has 1 aromatic carbocycles. The maximum Gasteiger partial charge on any atom is 0.306 e. The summed E-state index contributed by atoms with van der Waals surface area (Å²) in [7, 11) is 0. The SMILES string of the molecule is Cc1ccc(OC[C@@H]2CC[C@@H](C(=O)O)CC2CCCC2OCCO2)cc1. The first kappa shape index (κ1) is 19.2. The summed E-state index contributed by atoms with van der Waals surface area (Å²) in [6, 6.07) is 8.11. The number of benzene rings is 1. The van der Waals surface area contributed by atoms with Gasteiger partial charge in [-0.05, 0) is 69.4 Å². The van der Waals surface area contributed by atoms with Gasteiger partial charge in [-0.1, -0.05) is 17.7 Å². The molecule has 3 rings (SSSR count). The molecule has 5 heteroatoms. The molecule has 2 aliphatic rings. The van der Waals surface area contributed by atoms with Crippen molar-refractivity contribution in [2.24, 2.45) is 17.8 Å². The van der Waals surface area contributed by atoms with Crippen LogP contribution in [0.2, 0.25) is 0 Å². The minimum Gasteiger partial charge on any atom is -0.493 e. The molecule has 1 aliphatic carbocycles. The van der Waals surface area contributed by atoms with Gasteiger partial charge in [-0.2, -0.15) is 0 Å². The van der Waals surface area contributed by atoms with E-state index in [1.807, 2.05) is 12.1 Å². The number of aliphatic carboxylic acids is 1. The highest BCUT2D eigenvalue weighted by Crippen LogP contribution is 2.37. The van der Waals surface area contributed by atoms with Gasteiger partial charge >= 0.3 is 5.97 Å². The fourth-order valence-electron chi connectivity index (χ4n) is 4.08. The Morgan fingerprint density at radius 3 is 2.54 bits per heavy atom. The van der Waals surface area contributed by atoms with E-state index in [-0.39, 0.29) is 12.2 Å². The molecule has 1 aliphatic heterocycles. The smallest absolute Gasteiger partial charge is 0.306 e. The molecule has 5 nitrogen and oxygen atoms in total. The van der Waals surface area contributed by atoms with Gasteiger partial charge in [0.15, 0.2) is 6.29 Å². The van der Waals surface area contributed by atoms with Gasteiger partial charge in [-0.15, -0.1) is 0 Å². The van der Waals surface area contributed by atoms with Crippen molar-refractivity contribution in [3.8, 4) is 5.75 Å². The highest BCUT2D eigenvalue weighted by molar-refractivity contribution is 5.70. The Labute approximate surface area is 155 Å². The van der Waals surface area contributed by atoms with Crippen molar-refractivity contribution >= 4 is 5.97 Å². The van der Waals surface area contributed by atoms with Crippen molar-refractivity contribution in [2.45, 2.75) is 51.7 Å². The lowest BCUT2D eigenvalue weighted by Crippen LogP contribution is -2.32. The van der Waals surface area contributed by atoms with Crippen LogP contribution in [0.3, 0.4) is 0 Å². The summed E-state index contributed by atoms with van der Waals surface area (Å²) in [4.78, 5) is 11.4. The minimum absolute atomic E-state index is 0.0730. The van der Waals surface area contributed by atoms with E-state index in [1.165, 1.54) is 5.56 Å². The second-order valence-electron chi connectivity index (χ2n) is 7.59. The molecule has 1 heterocycles. The molecule has 144 valence electrons. The molecule has 2 fully saturated rings. The number of hydrogen-bond donors (Lipinski definition) is 1. The Balaban J connectivity index is 1.52. The van der Waals surface area contributed by atoms with Crippen molar-refractivity contribution < 1.29 is 24.1 Å². The molecular formula is C21H30O5. The largest absolute Gasteiger partial charge is 0.493 e. The van der Waals surface area contributed by atoms with Crippen LogP contribution in [0.25, 0.3) is 0 Å². The first-order valence-corrected chi connectivity index (χ1v) is 9.77. The standard InChI is InChI=1S/C21H30O5/c1-15-5-9-19(10-6-15)26-14-18-8-7-17(21(22)23)13-16(18)3-2-4-20-24-11-12-25-20/h5-6,9-10,16-18,20H,2-4,7-8,11-14H2,1H3,(H,22,23)/t16?,17-,18+/m1/s1. The summed E-state index contributed by atoms with van der Waals surface area (Å²) in [5, 5.41) is 9.40. The molecule has 0 bridgehead atoms. The number of ether oxygens (including phenoxy) is 3. The number of rotatable bonds is 8. The van der Waals surface area contributed by atoms with Gasteiger partial charge in [0.25, 0.3) is 0 Å². The molecule has 26 heavy (non-hydrogen) atoms. The molecule has 0 aromatic heterocycles. The molecule has 1 unspecified atom stereocenters. The van der Waals surface area contributed by atoms with Crippen LogP contribution in [0.4, 0.5) is 0 Å². The summed E-state index contributed by atoms with van der Waals surface area (Å²) in [5.74, 6) is 0.821. The predicted octanol–water partition coefficient (Wildman–Crippen LogP) is 4.03. The van der Waals surface area contributed by atoms with Gasteiger partial charge < -0.3 is 19.3 Å². The molecule has 1 saturated heterocycles. The van der Waals surface area contributed by atoms with E-state index >= 15 is 0 Å². The number of carbonyl (C=O) groups is 1. The van der Waals surface area contributed by atoms with Crippen LogP contribution in [0.15, 0.2) is 24.3 Å². The molecular weight excluding hydrogens is 332 g/mol. The van der Waals surface area contributed by atoms with E-state index in [9.17, 15) is 9.90 Å². The van der Waals surface area contributed by atoms with Crippen molar-refractivity contribution in [1.29, 1.82) is 0 Å². The zero-order valence-electron chi connectivity index (χ0n) is 15.6. The average molecular weight is 362 g/mol. The van der Waals surface area contributed by atoms with Crippen LogP contribution in [0.1, 0.15) is 44.1 Å². The van der Waals surface area contributed by atoms with E-state index < -0.39 is 5.97 Å². The average Bonchev–Trinajstić information content (AvgIpc) is 3.15.